The average molecular weight is 479 g/mol. The molecule has 7 heteroatoms. The lowest BCUT2D eigenvalue weighted by molar-refractivity contribution is -0.135. The van der Waals surface area contributed by atoms with Gasteiger partial charge < -0.3 is 9.64 Å². The van der Waals surface area contributed by atoms with Gasteiger partial charge in [0.05, 0.1) is 19.3 Å². The molecule has 2 aliphatic rings. The lowest BCUT2D eigenvalue weighted by atomic mass is 9.85. The Bertz CT molecular complexity index is 965. The number of benzene rings is 2. The van der Waals surface area contributed by atoms with E-state index in [-0.39, 0.29) is 23.7 Å². The minimum Gasteiger partial charge on any atom is -0.373 e. The van der Waals surface area contributed by atoms with Crippen LogP contribution in [0.3, 0.4) is 0 Å². The predicted molar refractivity (Wildman–Crippen MR) is 126 cm³/mol. The van der Waals surface area contributed by atoms with Crippen molar-refractivity contribution in [2.24, 2.45) is 0 Å². The number of hydrogen-bond donors (Lipinski definition) is 0. The van der Waals surface area contributed by atoms with Gasteiger partial charge in [-0.1, -0.05) is 29.3 Å². The second-order valence-electron chi connectivity index (χ2n) is 8.80. The Kier molecular flexibility index (Phi) is 7.72. The topological polar surface area (TPSA) is 32.8 Å². The van der Waals surface area contributed by atoms with Crippen LogP contribution in [0.15, 0.2) is 36.4 Å². The predicted octanol–water partition coefficient (Wildman–Crippen LogP) is 5.44. The zero-order valence-electron chi connectivity index (χ0n) is 18.3. The summed E-state index contributed by atoms with van der Waals surface area (Å²) in [6.45, 7) is 5.92. The third-order valence-electron chi connectivity index (χ3n) is 6.55. The summed E-state index contributed by atoms with van der Waals surface area (Å²) in [5, 5.41) is 1.23. The number of piperidine rings is 1. The number of aryl methyl sites for hydroxylation is 1. The molecule has 0 aliphatic carbocycles. The first-order chi connectivity index (χ1) is 15.4. The second kappa shape index (κ2) is 10.5. The van der Waals surface area contributed by atoms with E-state index in [1.54, 1.807) is 18.2 Å². The molecular weight excluding hydrogens is 450 g/mol. The number of ether oxygens (including phenoxy) is 1. The number of likely N-dealkylation sites (tertiary alicyclic amines) is 2. The average Bonchev–Trinajstić information content (AvgIpc) is 3.27. The van der Waals surface area contributed by atoms with E-state index in [2.05, 4.69) is 4.90 Å². The summed E-state index contributed by atoms with van der Waals surface area (Å²) in [6, 6.07) is 10.2. The number of halogens is 3. The molecule has 2 aromatic rings. The number of carbonyl (C=O) groups is 1. The number of amides is 1. The molecule has 4 rings (SSSR count). The summed E-state index contributed by atoms with van der Waals surface area (Å²) in [4.78, 5) is 17.2. The molecule has 4 nitrogen and oxygen atoms in total. The van der Waals surface area contributed by atoms with Gasteiger partial charge in [0.1, 0.15) is 5.82 Å². The van der Waals surface area contributed by atoms with Crippen LogP contribution in [0.2, 0.25) is 10.0 Å². The Balaban J connectivity index is 1.51. The largest absolute Gasteiger partial charge is 0.373 e. The second-order valence-corrected chi connectivity index (χ2v) is 9.65. The third-order valence-corrected chi connectivity index (χ3v) is 7.16. The number of nitrogens with zero attached hydrogens (tertiary/aromatic N) is 2. The van der Waals surface area contributed by atoms with Crippen molar-refractivity contribution in [3.8, 4) is 0 Å². The van der Waals surface area contributed by atoms with Gasteiger partial charge in [-0.3, -0.25) is 9.69 Å². The molecule has 172 valence electrons. The maximum absolute atomic E-state index is 13.8. The van der Waals surface area contributed by atoms with Crippen molar-refractivity contribution >= 4 is 29.1 Å². The Morgan fingerprint density at radius 1 is 1.12 bits per heavy atom. The van der Waals surface area contributed by atoms with Gasteiger partial charge in [-0.25, -0.2) is 4.39 Å². The molecule has 0 aromatic heterocycles. The van der Waals surface area contributed by atoms with E-state index in [9.17, 15) is 9.18 Å². The van der Waals surface area contributed by atoms with Gasteiger partial charge >= 0.3 is 0 Å². The SMILES string of the molecule is Cc1cc(F)ccc1C1CN(C(=O)CN2CCCC2)CCC1OCc1cc(Cl)ccc1Cl. The van der Waals surface area contributed by atoms with Crippen LogP contribution < -0.4 is 0 Å². The maximum Gasteiger partial charge on any atom is 0.236 e. The molecular formula is C25H29Cl2FN2O2. The minimum atomic E-state index is -0.257. The van der Waals surface area contributed by atoms with Crippen molar-refractivity contribution in [2.45, 2.75) is 44.8 Å². The molecule has 32 heavy (non-hydrogen) atoms. The van der Waals surface area contributed by atoms with E-state index in [1.165, 1.54) is 6.07 Å². The summed E-state index contributed by atoms with van der Waals surface area (Å²) in [6.07, 6.45) is 2.93. The van der Waals surface area contributed by atoms with Crippen molar-refractivity contribution in [3.63, 3.8) is 0 Å². The van der Waals surface area contributed by atoms with Crippen molar-refractivity contribution in [1.82, 2.24) is 9.80 Å². The molecule has 0 N–H and O–H groups in total. The van der Waals surface area contributed by atoms with Crippen LogP contribution in [0.25, 0.3) is 0 Å². The molecule has 0 radical (unpaired) electrons. The van der Waals surface area contributed by atoms with E-state index in [4.69, 9.17) is 27.9 Å². The van der Waals surface area contributed by atoms with Crippen molar-refractivity contribution in [2.75, 3.05) is 32.7 Å². The van der Waals surface area contributed by atoms with Gasteiger partial charge in [-0.05, 0) is 86.3 Å². The van der Waals surface area contributed by atoms with Crippen LogP contribution in [-0.2, 0) is 16.1 Å². The van der Waals surface area contributed by atoms with E-state index in [0.717, 1.165) is 42.6 Å². The molecule has 2 saturated heterocycles. The first-order valence-electron chi connectivity index (χ1n) is 11.2. The number of hydrogen-bond acceptors (Lipinski definition) is 3. The highest BCUT2D eigenvalue weighted by Crippen LogP contribution is 2.33. The smallest absolute Gasteiger partial charge is 0.236 e. The van der Waals surface area contributed by atoms with E-state index in [0.29, 0.717) is 42.7 Å². The fraction of sp³-hybridized carbons (Fsp3) is 0.480. The minimum absolute atomic E-state index is 0.0372. The molecule has 2 fully saturated rings. The summed E-state index contributed by atoms with van der Waals surface area (Å²) in [5.74, 6) is -0.134. The van der Waals surface area contributed by atoms with Gasteiger partial charge in [0.15, 0.2) is 0 Å². The highest BCUT2D eigenvalue weighted by Gasteiger charge is 2.34. The molecule has 0 spiro atoms. The monoisotopic (exact) mass is 478 g/mol. The van der Waals surface area contributed by atoms with E-state index in [1.807, 2.05) is 24.0 Å². The van der Waals surface area contributed by atoms with E-state index < -0.39 is 0 Å². The first-order valence-corrected chi connectivity index (χ1v) is 12.0. The molecule has 2 aliphatic heterocycles. The molecule has 0 saturated carbocycles. The van der Waals surface area contributed by atoms with Crippen LogP contribution >= 0.6 is 23.2 Å². The number of rotatable bonds is 6. The standard InChI is InChI=1S/C25H29Cl2FN2O2/c1-17-12-20(28)5-6-21(17)22-14-30(25(31)15-29-9-2-3-10-29)11-8-24(22)32-16-18-13-19(26)4-7-23(18)27/h4-7,12-13,22,24H,2-3,8-11,14-16H2,1H3. The third kappa shape index (κ3) is 5.63. The molecule has 2 atom stereocenters. The lowest BCUT2D eigenvalue weighted by Gasteiger charge is -2.40. The Hall–Kier alpha value is -1.66. The highest BCUT2D eigenvalue weighted by atomic mass is 35.5. The van der Waals surface area contributed by atoms with Gasteiger partial charge in [0.25, 0.3) is 0 Å². The summed E-state index contributed by atoms with van der Waals surface area (Å²) in [5.41, 5.74) is 2.73. The first kappa shape index (κ1) is 23.5. The van der Waals surface area contributed by atoms with Crippen LogP contribution in [0.1, 0.15) is 41.9 Å². The highest BCUT2D eigenvalue weighted by molar-refractivity contribution is 6.33. The van der Waals surface area contributed by atoms with Gasteiger partial charge in [0.2, 0.25) is 5.91 Å². The Morgan fingerprint density at radius 2 is 1.91 bits per heavy atom. The van der Waals surface area contributed by atoms with Crippen LogP contribution in [0.4, 0.5) is 4.39 Å². The zero-order valence-corrected chi connectivity index (χ0v) is 19.8. The summed E-state index contributed by atoms with van der Waals surface area (Å²) < 4.78 is 20.1. The molecule has 0 bridgehead atoms. The maximum atomic E-state index is 13.8. The van der Waals surface area contributed by atoms with Gasteiger partial charge in [-0.15, -0.1) is 0 Å². The van der Waals surface area contributed by atoms with Crippen LogP contribution in [0.5, 0.6) is 0 Å². The van der Waals surface area contributed by atoms with Crippen LogP contribution in [-0.4, -0.2) is 54.5 Å². The molecule has 1 amide bonds. The molecule has 2 unspecified atom stereocenters. The van der Waals surface area contributed by atoms with Crippen molar-refractivity contribution in [1.29, 1.82) is 0 Å². The van der Waals surface area contributed by atoms with Crippen LogP contribution in [0, 0.1) is 12.7 Å². The quantitative estimate of drug-likeness (QED) is 0.554. The Morgan fingerprint density at radius 3 is 2.66 bits per heavy atom. The normalized spacial score (nSPS) is 21.8. The van der Waals surface area contributed by atoms with Gasteiger partial charge in [0, 0.05) is 29.1 Å². The molecule has 2 heterocycles. The van der Waals surface area contributed by atoms with Crippen molar-refractivity contribution in [3.05, 3.63) is 69.0 Å². The summed E-state index contributed by atoms with van der Waals surface area (Å²) in [7, 11) is 0. The number of carbonyl (C=O) groups excluding carboxylic acids is 1. The fourth-order valence-corrected chi connectivity index (χ4v) is 5.16. The summed E-state index contributed by atoms with van der Waals surface area (Å²) >= 11 is 12.4. The van der Waals surface area contributed by atoms with E-state index >= 15 is 0 Å². The lowest BCUT2D eigenvalue weighted by Crippen LogP contribution is -2.48. The Labute approximate surface area is 199 Å². The zero-order chi connectivity index (χ0) is 22.7. The molecule has 2 aromatic carbocycles. The van der Waals surface area contributed by atoms with Gasteiger partial charge in [-0.2, -0.15) is 0 Å². The van der Waals surface area contributed by atoms with Crippen molar-refractivity contribution < 1.29 is 13.9 Å². The fourth-order valence-electron chi connectivity index (χ4n) is 4.79.